The third-order valence-electron chi connectivity index (χ3n) is 4.13. The van der Waals surface area contributed by atoms with Gasteiger partial charge in [0.05, 0.1) is 0 Å². The van der Waals surface area contributed by atoms with Crippen LogP contribution in [0, 0.1) is 19.8 Å². The fraction of sp³-hybridized carbons (Fsp3) is 0.647. The normalized spacial score (nSPS) is 12.9. The van der Waals surface area contributed by atoms with Gasteiger partial charge in [-0.05, 0) is 55.7 Å². The molecule has 108 valence electrons. The van der Waals surface area contributed by atoms with Crippen LogP contribution in [0.4, 0.5) is 0 Å². The molecule has 1 unspecified atom stereocenters. The number of hydrogen-bond donors (Lipinski definition) is 2. The summed E-state index contributed by atoms with van der Waals surface area (Å²) >= 11 is 0. The minimum Gasteiger partial charge on any atom is -0.271 e. The van der Waals surface area contributed by atoms with E-state index in [4.69, 9.17) is 5.84 Å². The van der Waals surface area contributed by atoms with E-state index in [1.54, 1.807) is 0 Å². The fourth-order valence-corrected chi connectivity index (χ4v) is 2.83. The Bertz CT molecular complexity index is 368. The number of nitrogens with one attached hydrogen (secondary N) is 1. The van der Waals surface area contributed by atoms with Crippen LogP contribution >= 0.6 is 0 Å². The highest BCUT2D eigenvalue weighted by atomic mass is 15.2. The van der Waals surface area contributed by atoms with Gasteiger partial charge in [-0.1, -0.05) is 44.9 Å². The molecule has 19 heavy (non-hydrogen) atoms. The lowest BCUT2D eigenvalue weighted by molar-refractivity contribution is 0.311. The van der Waals surface area contributed by atoms with Gasteiger partial charge in [-0.2, -0.15) is 0 Å². The molecule has 1 aromatic rings. The summed E-state index contributed by atoms with van der Waals surface area (Å²) in [5.41, 5.74) is 7.18. The summed E-state index contributed by atoms with van der Waals surface area (Å²) in [6, 6.07) is 7.14. The number of nitrogens with two attached hydrogens (primary N) is 1. The Kier molecular flexibility index (Phi) is 7.11. The maximum absolute atomic E-state index is 5.80. The lowest BCUT2D eigenvalue weighted by Crippen LogP contribution is -2.42. The Balaban J connectivity index is 2.75. The van der Waals surface area contributed by atoms with Crippen molar-refractivity contribution in [2.24, 2.45) is 11.8 Å². The van der Waals surface area contributed by atoms with E-state index in [-0.39, 0.29) is 0 Å². The maximum Gasteiger partial charge on any atom is 0.0279 e. The predicted octanol–water partition coefficient (Wildman–Crippen LogP) is 3.89. The van der Waals surface area contributed by atoms with Crippen LogP contribution in [0.25, 0.3) is 0 Å². The second kappa shape index (κ2) is 8.34. The molecular weight excluding hydrogens is 232 g/mol. The SMILES string of the molecule is CCCC(CCC)C(Cc1ccc(C)c(C)c1)NN. The molecule has 0 aromatic heterocycles. The molecule has 0 aliphatic heterocycles. The van der Waals surface area contributed by atoms with Crippen molar-refractivity contribution in [2.75, 3.05) is 0 Å². The lowest BCUT2D eigenvalue weighted by atomic mass is 9.86. The molecule has 1 rings (SSSR count). The van der Waals surface area contributed by atoms with Crippen molar-refractivity contribution in [1.29, 1.82) is 0 Å². The average Bonchev–Trinajstić information content (AvgIpc) is 2.40. The van der Waals surface area contributed by atoms with Crippen molar-refractivity contribution in [3.63, 3.8) is 0 Å². The highest BCUT2D eigenvalue weighted by Crippen LogP contribution is 2.21. The van der Waals surface area contributed by atoms with Gasteiger partial charge in [0.25, 0.3) is 0 Å². The van der Waals surface area contributed by atoms with E-state index in [2.05, 4.69) is 51.3 Å². The van der Waals surface area contributed by atoms with Crippen LogP contribution < -0.4 is 11.3 Å². The first-order valence-electron chi connectivity index (χ1n) is 7.64. The summed E-state index contributed by atoms with van der Waals surface area (Å²) in [4.78, 5) is 0. The summed E-state index contributed by atoms with van der Waals surface area (Å²) in [6.45, 7) is 8.85. The maximum atomic E-state index is 5.80. The van der Waals surface area contributed by atoms with Gasteiger partial charge in [-0.15, -0.1) is 0 Å². The summed E-state index contributed by atoms with van der Waals surface area (Å²) in [6.07, 6.45) is 6.01. The van der Waals surface area contributed by atoms with Crippen LogP contribution in [0.15, 0.2) is 18.2 Å². The third-order valence-corrected chi connectivity index (χ3v) is 4.13. The van der Waals surface area contributed by atoms with E-state index in [0.29, 0.717) is 12.0 Å². The van der Waals surface area contributed by atoms with E-state index in [9.17, 15) is 0 Å². The first-order valence-corrected chi connectivity index (χ1v) is 7.64. The van der Waals surface area contributed by atoms with E-state index in [1.165, 1.54) is 42.4 Å². The zero-order chi connectivity index (χ0) is 14.3. The summed E-state index contributed by atoms with van der Waals surface area (Å²) in [7, 11) is 0. The zero-order valence-electron chi connectivity index (χ0n) is 13.0. The van der Waals surface area contributed by atoms with Crippen molar-refractivity contribution >= 4 is 0 Å². The zero-order valence-corrected chi connectivity index (χ0v) is 13.0. The molecule has 2 nitrogen and oxygen atoms in total. The van der Waals surface area contributed by atoms with E-state index >= 15 is 0 Å². The van der Waals surface area contributed by atoms with Gasteiger partial charge < -0.3 is 0 Å². The van der Waals surface area contributed by atoms with Gasteiger partial charge in [0.15, 0.2) is 0 Å². The van der Waals surface area contributed by atoms with Crippen LogP contribution in [-0.4, -0.2) is 6.04 Å². The molecule has 0 saturated carbocycles. The third kappa shape index (κ3) is 4.96. The van der Waals surface area contributed by atoms with Crippen LogP contribution in [0.2, 0.25) is 0 Å². The molecule has 0 aliphatic carbocycles. The molecule has 0 spiro atoms. The molecule has 0 aliphatic rings. The Morgan fingerprint density at radius 1 is 1.05 bits per heavy atom. The molecule has 0 amide bonds. The molecule has 1 aromatic carbocycles. The topological polar surface area (TPSA) is 38.0 Å². The van der Waals surface area contributed by atoms with Gasteiger partial charge >= 0.3 is 0 Å². The number of hydrogen-bond acceptors (Lipinski definition) is 2. The largest absolute Gasteiger partial charge is 0.271 e. The molecule has 0 heterocycles. The van der Waals surface area contributed by atoms with Gasteiger partial charge in [0.2, 0.25) is 0 Å². The second-order valence-electron chi connectivity index (χ2n) is 5.73. The molecule has 2 heteroatoms. The van der Waals surface area contributed by atoms with E-state index in [0.717, 1.165) is 6.42 Å². The highest BCUT2D eigenvalue weighted by Gasteiger charge is 2.19. The first kappa shape index (κ1) is 16.2. The molecule has 3 N–H and O–H groups in total. The van der Waals surface area contributed by atoms with Crippen molar-refractivity contribution < 1.29 is 0 Å². The van der Waals surface area contributed by atoms with Crippen molar-refractivity contribution in [1.82, 2.24) is 5.43 Å². The quantitative estimate of drug-likeness (QED) is 0.551. The molecule has 0 radical (unpaired) electrons. The van der Waals surface area contributed by atoms with E-state index in [1.807, 2.05) is 0 Å². The highest BCUT2D eigenvalue weighted by molar-refractivity contribution is 5.30. The number of rotatable bonds is 8. The van der Waals surface area contributed by atoms with Gasteiger partial charge in [-0.3, -0.25) is 11.3 Å². The monoisotopic (exact) mass is 262 g/mol. The summed E-state index contributed by atoms with van der Waals surface area (Å²) in [5.74, 6) is 6.48. The number of benzene rings is 1. The number of hydrazine groups is 1. The minimum absolute atomic E-state index is 0.391. The van der Waals surface area contributed by atoms with Crippen LogP contribution in [0.1, 0.15) is 56.2 Å². The predicted molar refractivity (Wildman–Crippen MR) is 84.0 cm³/mol. The van der Waals surface area contributed by atoms with Crippen molar-refractivity contribution in [2.45, 2.75) is 65.8 Å². The Morgan fingerprint density at radius 3 is 2.16 bits per heavy atom. The number of aryl methyl sites for hydroxylation is 2. The molecule has 0 saturated heterocycles. The fourth-order valence-electron chi connectivity index (χ4n) is 2.83. The Labute approximate surface area is 118 Å². The molecule has 0 fully saturated rings. The molecule has 1 atom stereocenters. The second-order valence-corrected chi connectivity index (χ2v) is 5.73. The van der Waals surface area contributed by atoms with Crippen LogP contribution in [0.5, 0.6) is 0 Å². The Hall–Kier alpha value is -0.860. The minimum atomic E-state index is 0.391. The Morgan fingerprint density at radius 2 is 1.68 bits per heavy atom. The average molecular weight is 262 g/mol. The summed E-state index contributed by atoms with van der Waals surface area (Å²) in [5, 5.41) is 0. The van der Waals surface area contributed by atoms with E-state index < -0.39 is 0 Å². The van der Waals surface area contributed by atoms with Crippen LogP contribution in [-0.2, 0) is 6.42 Å². The summed E-state index contributed by atoms with van der Waals surface area (Å²) < 4.78 is 0. The van der Waals surface area contributed by atoms with Crippen molar-refractivity contribution in [3.05, 3.63) is 34.9 Å². The smallest absolute Gasteiger partial charge is 0.0279 e. The van der Waals surface area contributed by atoms with Gasteiger partial charge in [-0.25, -0.2) is 0 Å². The standard InChI is InChI=1S/C17H30N2/c1-5-7-16(8-6-2)17(19-18)12-15-10-9-13(3)14(4)11-15/h9-11,16-17,19H,5-8,12,18H2,1-4H3. The van der Waals surface area contributed by atoms with Gasteiger partial charge in [0, 0.05) is 6.04 Å². The molecular formula is C17H30N2. The lowest BCUT2D eigenvalue weighted by Gasteiger charge is -2.26. The van der Waals surface area contributed by atoms with Crippen molar-refractivity contribution in [3.8, 4) is 0 Å². The van der Waals surface area contributed by atoms with Crippen LogP contribution in [0.3, 0.4) is 0 Å². The molecule has 0 bridgehead atoms. The first-order chi connectivity index (χ1) is 9.12. The van der Waals surface area contributed by atoms with Gasteiger partial charge in [0.1, 0.15) is 0 Å².